The number of rotatable bonds is 0. The summed E-state index contributed by atoms with van der Waals surface area (Å²) in [6, 6.07) is 5.90. The average Bonchev–Trinajstić information content (AvgIpc) is 2.67. The Morgan fingerprint density at radius 2 is 2.29 bits per heavy atom. The summed E-state index contributed by atoms with van der Waals surface area (Å²) in [6.07, 6.45) is 0. The van der Waals surface area contributed by atoms with Crippen molar-refractivity contribution in [2.45, 2.75) is 4.90 Å². The van der Waals surface area contributed by atoms with Gasteiger partial charge in [0.25, 0.3) is 0 Å². The van der Waals surface area contributed by atoms with Gasteiger partial charge in [0, 0.05) is 4.90 Å². The maximum Gasteiger partial charge on any atom is 0.198 e. The summed E-state index contributed by atoms with van der Waals surface area (Å²) >= 11 is 4.28. The molecule has 0 spiro atoms. The van der Waals surface area contributed by atoms with Crippen LogP contribution >= 0.6 is 12.6 Å². The fourth-order valence-electron chi connectivity index (χ4n) is 1.67. The van der Waals surface area contributed by atoms with Crippen molar-refractivity contribution in [2.24, 2.45) is 0 Å². The Labute approximate surface area is 88.7 Å². The zero-order chi connectivity index (χ0) is 9.71. The molecule has 0 aliphatic carbocycles. The maximum absolute atomic E-state index is 5.63. The van der Waals surface area contributed by atoms with Crippen LogP contribution in [0.15, 0.2) is 27.6 Å². The lowest BCUT2D eigenvalue weighted by molar-refractivity contribution is 0.449. The van der Waals surface area contributed by atoms with Crippen LogP contribution in [0.3, 0.4) is 0 Å². The van der Waals surface area contributed by atoms with Gasteiger partial charge in [-0.3, -0.25) is 0 Å². The number of benzene rings is 1. The van der Waals surface area contributed by atoms with Crippen molar-refractivity contribution >= 4 is 44.3 Å². The highest BCUT2D eigenvalue weighted by Gasteiger charge is 2.25. The fraction of sp³-hybridized carbons (Fsp3) is 0. The number of hydrogen-bond acceptors (Lipinski definition) is 3. The molecule has 0 atom stereocenters. The van der Waals surface area contributed by atoms with E-state index in [1.807, 2.05) is 25.5 Å². The van der Waals surface area contributed by atoms with E-state index in [0.717, 1.165) is 27.1 Å². The van der Waals surface area contributed by atoms with Gasteiger partial charge in [-0.15, -0.1) is 12.6 Å². The van der Waals surface area contributed by atoms with Gasteiger partial charge in [-0.2, -0.15) is 0 Å². The molecule has 3 rings (SSSR count). The molecule has 1 aromatic heterocycles. The molecule has 0 fully saturated rings. The Morgan fingerprint density at radius 3 is 3.14 bits per heavy atom. The highest BCUT2D eigenvalue weighted by molar-refractivity contribution is 7.80. The number of thiol groups is 1. The Morgan fingerprint density at radius 1 is 1.43 bits per heavy atom. The van der Waals surface area contributed by atoms with Crippen LogP contribution in [-0.2, 0) is 0 Å². The van der Waals surface area contributed by atoms with E-state index in [-0.39, 0.29) is 0 Å². The summed E-state index contributed by atoms with van der Waals surface area (Å²) in [5.74, 6) is 0. The van der Waals surface area contributed by atoms with Crippen LogP contribution in [0, 0.1) is 0 Å². The van der Waals surface area contributed by atoms with Crippen LogP contribution in [-0.4, -0.2) is 20.3 Å². The molecular weight excluding hydrogens is 192 g/mol. The molecule has 2 aromatic rings. The molecular formula is C9H4B2NOS. The first-order chi connectivity index (χ1) is 6.75. The first-order valence-electron chi connectivity index (χ1n) is 4.19. The molecule has 14 heavy (non-hydrogen) atoms. The summed E-state index contributed by atoms with van der Waals surface area (Å²) in [4.78, 5) is 0.909. The van der Waals surface area contributed by atoms with Crippen LogP contribution < -0.4 is 16.6 Å². The van der Waals surface area contributed by atoms with Crippen LogP contribution in [0.2, 0.25) is 0 Å². The smallest absolute Gasteiger partial charge is 0.198 e. The van der Waals surface area contributed by atoms with E-state index in [1.54, 1.807) is 0 Å². The summed E-state index contributed by atoms with van der Waals surface area (Å²) in [5, 5.41) is 3.91. The first-order valence-corrected chi connectivity index (χ1v) is 4.64. The monoisotopic (exact) mass is 196 g/mol. The molecule has 0 amide bonds. The molecule has 0 unspecified atom stereocenters. The maximum atomic E-state index is 5.63. The van der Waals surface area contributed by atoms with Crippen LogP contribution in [0.1, 0.15) is 0 Å². The molecule has 3 radical (unpaired) electrons. The van der Waals surface area contributed by atoms with E-state index < -0.39 is 0 Å². The van der Waals surface area contributed by atoms with E-state index in [2.05, 4.69) is 17.8 Å². The second kappa shape index (κ2) is 2.70. The summed E-state index contributed by atoms with van der Waals surface area (Å²) in [5.41, 5.74) is 4.21. The van der Waals surface area contributed by atoms with E-state index in [1.165, 1.54) is 0 Å². The summed E-state index contributed by atoms with van der Waals surface area (Å²) in [6.45, 7) is 0. The van der Waals surface area contributed by atoms with E-state index in [0.29, 0.717) is 5.66 Å². The number of fused-ring (bicyclic) bond motifs is 3. The van der Waals surface area contributed by atoms with Crippen molar-refractivity contribution in [2.75, 3.05) is 0 Å². The van der Waals surface area contributed by atoms with Crippen LogP contribution in [0.25, 0.3) is 11.3 Å². The minimum absolute atomic E-state index is 0.372. The molecule has 0 saturated carbocycles. The van der Waals surface area contributed by atoms with Gasteiger partial charge < -0.3 is 4.52 Å². The van der Waals surface area contributed by atoms with Gasteiger partial charge in [0.1, 0.15) is 5.69 Å². The fourth-order valence-corrected chi connectivity index (χ4v) is 1.88. The van der Waals surface area contributed by atoms with Gasteiger partial charge in [-0.05, 0) is 23.2 Å². The Bertz CT molecular complexity index is 524. The normalized spacial score (nSPS) is 12.1. The third kappa shape index (κ3) is 0.989. The third-order valence-corrected chi connectivity index (χ3v) is 2.63. The Kier molecular flexibility index (Phi) is 1.59. The molecule has 0 N–H and O–H groups in total. The number of nitrogens with zero attached hydrogens (tertiary/aromatic N) is 1. The van der Waals surface area contributed by atoms with Crippen LogP contribution in [0.5, 0.6) is 0 Å². The zero-order valence-corrected chi connectivity index (χ0v) is 8.08. The summed E-state index contributed by atoms with van der Waals surface area (Å²) in [7, 11) is 7.61. The molecule has 2 heterocycles. The Balaban J connectivity index is 2.29. The first kappa shape index (κ1) is 8.24. The number of hydrogen-bond donors (Lipinski definition) is 1. The van der Waals surface area contributed by atoms with Gasteiger partial charge in [0.15, 0.2) is 15.1 Å². The molecule has 1 aliphatic rings. The minimum atomic E-state index is 0.372. The Hall–Kier alpha value is -1.09. The van der Waals surface area contributed by atoms with Gasteiger partial charge in [0.2, 0.25) is 0 Å². The third-order valence-electron chi connectivity index (χ3n) is 2.35. The largest absolute Gasteiger partial charge is 0.373 e. The van der Waals surface area contributed by atoms with Crippen LogP contribution in [0.4, 0.5) is 0 Å². The van der Waals surface area contributed by atoms with Gasteiger partial charge in [-0.1, -0.05) is 16.7 Å². The van der Waals surface area contributed by atoms with Crippen molar-refractivity contribution in [3.05, 3.63) is 18.2 Å². The number of aromatic nitrogens is 1. The van der Waals surface area contributed by atoms with Crippen molar-refractivity contribution in [1.82, 2.24) is 5.16 Å². The lowest BCUT2D eigenvalue weighted by atomic mass is 9.66. The van der Waals surface area contributed by atoms with Crippen molar-refractivity contribution in [3.8, 4) is 11.3 Å². The highest BCUT2D eigenvalue weighted by Crippen LogP contribution is 2.19. The topological polar surface area (TPSA) is 26.0 Å². The average molecular weight is 196 g/mol. The van der Waals surface area contributed by atoms with Gasteiger partial charge >= 0.3 is 0 Å². The zero-order valence-electron chi connectivity index (χ0n) is 7.19. The van der Waals surface area contributed by atoms with E-state index in [4.69, 9.17) is 12.4 Å². The second-order valence-corrected chi connectivity index (χ2v) is 3.74. The molecule has 63 valence electrons. The second-order valence-electron chi connectivity index (χ2n) is 3.22. The van der Waals surface area contributed by atoms with E-state index >= 15 is 0 Å². The summed E-state index contributed by atoms with van der Waals surface area (Å²) < 4.78 is 4.91. The van der Waals surface area contributed by atoms with Crippen molar-refractivity contribution < 1.29 is 4.52 Å². The van der Waals surface area contributed by atoms with Gasteiger partial charge in [0.05, 0.1) is 5.66 Å². The quantitative estimate of drug-likeness (QED) is 0.383. The molecule has 1 aromatic carbocycles. The molecule has 1 aliphatic heterocycles. The lowest BCUT2D eigenvalue weighted by Gasteiger charge is -1.98. The standard InChI is InChI=1S/C9H4B2NOS/c10-9-7-8(12-13-9)5-3-4(14)1-2-6(5)11-7/h1-3,14H. The van der Waals surface area contributed by atoms with Crippen molar-refractivity contribution in [1.29, 1.82) is 0 Å². The highest BCUT2D eigenvalue weighted by atomic mass is 32.1. The molecule has 2 nitrogen and oxygen atoms in total. The van der Waals surface area contributed by atoms with Gasteiger partial charge in [-0.25, -0.2) is 0 Å². The predicted octanol–water partition coefficient (Wildman–Crippen LogP) is -0.607. The molecule has 0 bridgehead atoms. The van der Waals surface area contributed by atoms with Crippen molar-refractivity contribution in [3.63, 3.8) is 0 Å². The minimum Gasteiger partial charge on any atom is -0.373 e. The predicted molar refractivity (Wildman–Crippen MR) is 59.6 cm³/mol. The molecule has 0 saturated heterocycles. The SMILES string of the molecule is [B]c1onc2c1[B]c1ccc(S)cc1-2. The molecule has 5 heteroatoms. The lowest BCUT2D eigenvalue weighted by Crippen LogP contribution is -2.31. The van der Waals surface area contributed by atoms with E-state index in [9.17, 15) is 0 Å².